The summed E-state index contributed by atoms with van der Waals surface area (Å²) in [4.78, 5) is 18.9. The van der Waals surface area contributed by atoms with E-state index in [-0.39, 0.29) is 11.8 Å². The van der Waals surface area contributed by atoms with Crippen molar-refractivity contribution >= 4 is 5.91 Å². The van der Waals surface area contributed by atoms with E-state index in [2.05, 4.69) is 10.1 Å². The molecule has 1 aliphatic rings. The van der Waals surface area contributed by atoms with Crippen LogP contribution in [0.5, 0.6) is 0 Å². The Kier molecular flexibility index (Phi) is 5.05. The van der Waals surface area contributed by atoms with Crippen LogP contribution in [0.1, 0.15) is 54.1 Å². The minimum Gasteiger partial charge on any atom is -0.469 e. The second-order valence-corrected chi connectivity index (χ2v) is 7.07. The fourth-order valence-electron chi connectivity index (χ4n) is 3.15. The SMILES string of the molecule is CN(CCc1noc(C2CC2)n1)C(=O)C[C@@H](c1ccccc1)c1ccco1. The first-order chi connectivity index (χ1) is 13.2. The standard InChI is InChI=1S/C21H23N3O3/c1-24(12-11-19-22-21(27-23-19)16-9-10-16)20(25)14-17(18-8-5-13-26-18)15-6-3-2-4-7-15/h2-8,13,16-17H,9-12,14H2,1H3/t17-/m0/s1. The van der Waals surface area contributed by atoms with Crippen LogP contribution in [0.15, 0.2) is 57.7 Å². The highest BCUT2D eigenvalue weighted by Crippen LogP contribution is 2.38. The molecule has 3 aromatic rings. The zero-order valence-electron chi connectivity index (χ0n) is 15.4. The zero-order chi connectivity index (χ0) is 18.6. The molecule has 6 nitrogen and oxygen atoms in total. The van der Waals surface area contributed by atoms with Gasteiger partial charge in [0.05, 0.1) is 12.2 Å². The molecule has 0 radical (unpaired) electrons. The highest BCUT2D eigenvalue weighted by Gasteiger charge is 2.29. The number of benzene rings is 1. The fourth-order valence-corrected chi connectivity index (χ4v) is 3.15. The lowest BCUT2D eigenvalue weighted by atomic mass is 9.92. The lowest BCUT2D eigenvalue weighted by molar-refractivity contribution is -0.130. The Bertz CT molecular complexity index is 869. The molecular weight excluding hydrogens is 342 g/mol. The average Bonchev–Trinajstić information content (AvgIpc) is 3.20. The van der Waals surface area contributed by atoms with E-state index in [0.29, 0.717) is 31.1 Å². The van der Waals surface area contributed by atoms with Crippen LogP contribution in [0.25, 0.3) is 0 Å². The van der Waals surface area contributed by atoms with Crippen molar-refractivity contribution in [2.75, 3.05) is 13.6 Å². The molecule has 1 saturated carbocycles. The fraction of sp³-hybridized carbons (Fsp3) is 0.381. The van der Waals surface area contributed by atoms with Crippen molar-refractivity contribution in [3.05, 3.63) is 71.8 Å². The average molecular weight is 365 g/mol. The molecule has 0 aliphatic heterocycles. The molecule has 1 aromatic carbocycles. The number of nitrogens with zero attached hydrogens (tertiary/aromatic N) is 3. The summed E-state index contributed by atoms with van der Waals surface area (Å²) in [5.74, 6) is 2.62. The van der Waals surface area contributed by atoms with Gasteiger partial charge in [0.15, 0.2) is 5.82 Å². The third-order valence-electron chi connectivity index (χ3n) is 4.97. The van der Waals surface area contributed by atoms with Crippen molar-refractivity contribution in [2.24, 2.45) is 0 Å². The minimum absolute atomic E-state index is 0.0613. The molecule has 1 fully saturated rings. The van der Waals surface area contributed by atoms with Crippen LogP contribution in [-0.4, -0.2) is 34.5 Å². The van der Waals surface area contributed by atoms with Gasteiger partial charge in [-0.25, -0.2) is 0 Å². The Morgan fingerprint density at radius 2 is 2.04 bits per heavy atom. The maximum Gasteiger partial charge on any atom is 0.229 e. The Morgan fingerprint density at radius 1 is 1.22 bits per heavy atom. The van der Waals surface area contributed by atoms with Crippen LogP contribution < -0.4 is 0 Å². The van der Waals surface area contributed by atoms with Crippen molar-refractivity contribution in [2.45, 2.75) is 37.5 Å². The van der Waals surface area contributed by atoms with Crippen molar-refractivity contribution < 1.29 is 13.7 Å². The summed E-state index contributed by atoms with van der Waals surface area (Å²) in [5.41, 5.74) is 1.07. The van der Waals surface area contributed by atoms with Crippen LogP contribution in [-0.2, 0) is 11.2 Å². The molecule has 1 aliphatic carbocycles. The monoisotopic (exact) mass is 365 g/mol. The van der Waals surface area contributed by atoms with Crippen LogP contribution in [0.3, 0.4) is 0 Å². The van der Waals surface area contributed by atoms with Gasteiger partial charge in [-0.2, -0.15) is 4.98 Å². The number of hydrogen-bond donors (Lipinski definition) is 0. The van der Waals surface area contributed by atoms with Crippen molar-refractivity contribution in [1.82, 2.24) is 15.0 Å². The van der Waals surface area contributed by atoms with Gasteiger partial charge in [-0.05, 0) is 30.5 Å². The molecule has 1 atom stereocenters. The third kappa shape index (κ3) is 4.27. The van der Waals surface area contributed by atoms with E-state index >= 15 is 0 Å². The lowest BCUT2D eigenvalue weighted by Gasteiger charge is -2.20. The first kappa shape index (κ1) is 17.5. The van der Waals surface area contributed by atoms with Crippen LogP contribution in [0.4, 0.5) is 0 Å². The number of carbonyl (C=O) groups excluding carboxylic acids is 1. The number of likely N-dealkylation sites (N-methyl/N-ethyl adjacent to an activating group) is 1. The second kappa shape index (κ2) is 7.78. The van der Waals surface area contributed by atoms with E-state index in [4.69, 9.17) is 8.94 Å². The summed E-state index contributed by atoms with van der Waals surface area (Å²) in [6, 6.07) is 13.8. The van der Waals surface area contributed by atoms with Gasteiger partial charge in [-0.15, -0.1) is 0 Å². The molecule has 27 heavy (non-hydrogen) atoms. The number of aromatic nitrogens is 2. The number of rotatable bonds is 8. The molecule has 4 rings (SSSR count). The Balaban J connectivity index is 1.38. The molecule has 0 saturated heterocycles. The number of carbonyl (C=O) groups is 1. The highest BCUT2D eigenvalue weighted by molar-refractivity contribution is 5.77. The van der Waals surface area contributed by atoms with Gasteiger partial charge in [-0.3, -0.25) is 4.79 Å². The van der Waals surface area contributed by atoms with Crippen LogP contribution in [0.2, 0.25) is 0 Å². The van der Waals surface area contributed by atoms with E-state index in [9.17, 15) is 4.79 Å². The number of hydrogen-bond acceptors (Lipinski definition) is 5. The molecule has 0 N–H and O–H groups in total. The predicted octanol–water partition coefficient (Wildman–Crippen LogP) is 3.76. The normalized spacial score (nSPS) is 14.9. The predicted molar refractivity (Wildman–Crippen MR) is 99.2 cm³/mol. The summed E-state index contributed by atoms with van der Waals surface area (Å²) < 4.78 is 10.9. The molecule has 1 amide bonds. The van der Waals surface area contributed by atoms with Crippen molar-refractivity contribution in [1.29, 1.82) is 0 Å². The van der Waals surface area contributed by atoms with E-state index in [1.54, 1.807) is 11.2 Å². The van der Waals surface area contributed by atoms with Gasteiger partial charge >= 0.3 is 0 Å². The molecular formula is C21H23N3O3. The Labute approximate surface area is 158 Å². The molecule has 6 heteroatoms. The highest BCUT2D eigenvalue weighted by atomic mass is 16.5. The molecule has 2 aromatic heterocycles. The van der Waals surface area contributed by atoms with E-state index in [0.717, 1.165) is 30.1 Å². The first-order valence-corrected chi connectivity index (χ1v) is 9.35. The van der Waals surface area contributed by atoms with Crippen LogP contribution in [0, 0.1) is 0 Å². The lowest BCUT2D eigenvalue weighted by Crippen LogP contribution is -2.30. The van der Waals surface area contributed by atoms with Gasteiger partial charge in [-0.1, -0.05) is 35.5 Å². The molecule has 140 valence electrons. The number of furan rings is 1. The summed E-state index contributed by atoms with van der Waals surface area (Å²) in [6.07, 6.45) is 4.86. The topological polar surface area (TPSA) is 72.4 Å². The molecule has 2 heterocycles. The number of amides is 1. The van der Waals surface area contributed by atoms with Gasteiger partial charge in [0.25, 0.3) is 0 Å². The maximum absolute atomic E-state index is 12.8. The van der Waals surface area contributed by atoms with Crippen molar-refractivity contribution in [3.63, 3.8) is 0 Å². The second-order valence-electron chi connectivity index (χ2n) is 7.07. The van der Waals surface area contributed by atoms with Crippen molar-refractivity contribution in [3.8, 4) is 0 Å². The molecule has 0 spiro atoms. The van der Waals surface area contributed by atoms with Crippen LogP contribution >= 0.6 is 0 Å². The van der Waals surface area contributed by atoms with E-state index in [1.807, 2.05) is 49.5 Å². The smallest absolute Gasteiger partial charge is 0.229 e. The summed E-state index contributed by atoms with van der Waals surface area (Å²) in [6.45, 7) is 0.558. The maximum atomic E-state index is 12.8. The largest absolute Gasteiger partial charge is 0.469 e. The quantitative estimate of drug-likeness (QED) is 0.608. The summed E-state index contributed by atoms with van der Waals surface area (Å²) in [5, 5.41) is 4.02. The van der Waals surface area contributed by atoms with Gasteiger partial charge in [0, 0.05) is 32.4 Å². The summed E-state index contributed by atoms with van der Waals surface area (Å²) >= 11 is 0. The summed E-state index contributed by atoms with van der Waals surface area (Å²) in [7, 11) is 1.81. The third-order valence-corrected chi connectivity index (χ3v) is 4.97. The van der Waals surface area contributed by atoms with Gasteiger partial charge in [0.1, 0.15) is 5.76 Å². The molecule has 0 bridgehead atoms. The zero-order valence-corrected chi connectivity index (χ0v) is 15.4. The van der Waals surface area contributed by atoms with E-state index < -0.39 is 0 Å². The van der Waals surface area contributed by atoms with E-state index in [1.165, 1.54) is 0 Å². The molecule has 0 unspecified atom stereocenters. The van der Waals surface area contributed by atoms with Gasteiger partial charge < -0.3 is 13.8 Å². The minimum atomic E-state index is -0.0946. The van der Waals surface area contributed by atoms with Gasteiger partial charge in [0.2, 0.25) is 11.8 Å². The Morgan fingerprint density at radius 3 is 2.74 bits per heavy atom. The Hall–Kier alpha value is -2.89. The first-order valence-electron chi connectivity index (χ1n) is 9.35.